The summed E-state index contributed by atoms with van der Waals surface area (Å²) in [5.74, 6) is 0.635. The van der Waals surface area contributed by atoms with E-state index in [1.807, 2.05) is 4.90 Å². The van der Waals surface area contributed by atoms with Crippen LogP contribution in [-0.4, -0.2) is 77.1 Å². The topological polar surface area (TPSA) is 64.7 Å². The average Bonchev–Trinajstić information content (AvgIpc) is 3.17. The molecule has 6 nitrogen and oxygen atoms in total. The summed E-state index contributed by atoms with van der Waals surface area (Å²) < 4.78 is 14.4. The van der Waals surface area contributed by atoms with Crippen LogP contribution in [0.2, 0.25) is 0 Å². The molecule has 2 saturated heterocycles. The van der Waals surface area contributed by atoms with Crippen LogP contribution >= 0.6 is 0 Å². The van der Waals surface area contributed by atoms with Gasteiger partial charge in [0, 0.05) is 56.1 Å². The van der Waals surface area contributed by atoms with Crippen molar-refractivity contribution >= 4 is 11.8 Å². The maximum atomic E-state index is 14.4. The molecule has 9 atom stereocenters. The van der Waals surface area contributed by atoms with E-state index < -0.39 is 6.17 Å². The van der Waals surface area contributed by atoms with Gasteiger partial charge in [0.25, 0.3) is 0 Å². The van der Waals surface area contributed by atoms with Crippen LogP contribution in [0.15, 0.2) is 0 Å². The first-order valence-corrected chi connectivity index (χ1v) is 12.5. The average molecular weight is 437 g/mol. The highest BCUT2D eigenvalue weighted by molar-refractivity contribution is 5.82. The largest absolute Gasteiger partial charge is 0.352 e. The Labute approximate surface area is 186 Å². The molecule has 0 spiro atoms. The second kappa shape index (κ2) is 9.34. The fourth-order valence-electron chi connectivity index (χ4n) is 7.01. The van der Waals surface area contributed by atoms with Crippen LogP contribution < -0.4 is 10.6 Å². The number of rotatable bonds is 3. The van der Waals surface area contributed by atoms with E-state index in [0.29, 0.717) is 24.8 Å². The Kier molecular flexibility index (Phi) is 6.92. The van der Waals surface area contributed by atoms with E-state index in [2.05, 4.69) is 36.3 Å². The summed E-state index contributed by atoms with van der Waals surface area (Å²) in [4.78, 5) is 29.5. The second-order valence-corrected chi connectivity index (χ2v) is 10.8. The predicted molar refractivity (Wildman–Crippen MR) is 119 cm³/mol. The molecule has 2 amide bonds. The Morgan fingerprint density at radius 3 is 2.35 bits per heavy atom. The van der Waals surface area contributed by atoms with Gasteiger partial charge in [-0.1, -0.05) is 6.92 Å². The molecule has 176 valence electrons. The van der Waals surface area contributed by atoms with E-state index in [1.165, 1.54) is 0 Å². The number of hydrogen-bond donors (Lipinski definition) is 2. The number of halogens is 1. The lowest BCUT2D eigenvalue weighted by molar-refractivity contribution is -0.137. The molecule has 4 fully saturated rings. The van der Waals surface area contributed by atoms with E-state index >= 15 is 0 Å². The first-order valence-electron chi connectivity index (χ1n) is 12.5. The van der Waals surface area contributed by atoms with E-state index in [0.717, 1.165) is 45.2 Å². The van der Waals surface area contributed by atoms with Crippen LogP contribution in [0.25, 0.3) is 0 Å². The van der Waals surface area contributed by atoms with Crippen molar-refractivity contribution in [3.05, 3.63) is 0 Å². The van der Waals surface area contributed by atoms with Crippen molar-refractivity contribution in [2.45, 2.75) is 115 Å². The highest BCUT2D eigenvalue weighted by Crippen LogP contribution is 2.38. The zero-order valence-corrected chi connectivity index (χ0v) is 19.6. The van der Waals surface area contributed by atoms with Crippen molar-refractivity contribution in [1.29, 1.82) is 0 Å². The van der Waals surface area contributed by atoms with Gasteiger partial charge in [0.15, 0.2) is 0 Å². The van der Waals surface area contributed by atoms with E-state index in [1.54, 1.807) is 6.92 Å². The number of nitrogens with zero attached hydrogens (tertiary/aromatic N) is 2. The number of alkyl halides is 1. The summed E-state index contributed by atoms with van der Waals surface area (Å²) in [7, 11) is 0. The van der Waals surface area contributed by atoms with E-state index in [-0.39, 0.29) is 47.9 Å². The number of amides is 2. The first-order chi connectivity index (χ1) is 14.7. The van der Waals surface area contributed by atoms with E-state index in [9.17, 15) is 14.0 Å². The molecule has 5 unspecified atom stereocenters. The third kappa shape index (κ3) is 4.77. The number of nitrogens with one attached hydrogen (secondary N) is 2. The zero-order chi connectivity index (χ0) is 22.3. The molecule has 0 aromatic rings. The lowest BCUT2D eigenvalue weighted by Crippen LogP contribution is -2.61. The molecule has 31 heavy (non-hydrogen) atoms. The fraction of sp³-hybridized carbons (Fsp3) is 0.917. The maximum Gasteiger partial charge on any atom is 0.237 e. The lowest BCUT2D eigenvalue weighted by atomic mass is 9.77. The maximum absolute atomic E-state index is 14.4. The molecule has 2 aliphatic heterocycles. The number of carbonyl (C=O) groups excluding carboxylic acids is 2. The molecule has 4 aliphatic rings. The zero-order valence-electron chi connectivity index (χ0n) is 19.6. The summed E-state index contributed by atoms with van der Waals surface area (Å²) in [6, 6.07) is 0.960. The van der Waals surface area contributed by atoms with Gasteiger partial charge in [-0.3, -0.25) is 14.5 Å². The summed E-state index contributed by atoms with van der Waals surface area (Å²) in [6.07, 6.45) is 5.63. The van der Waals surface area contributed by atoms with Crippen LogP contribution in [0.4, 0.5) is 4.39 Å². The highest BCUT2D eigenvalue weighted by atomic mass is 19.1. The smallest absolute Gasteiger partial charge is 0.237 e. The van der Waals surface area contributed by atoms with Crippen LogP contribution in [0.1, 0.15) is 72.6 Å². The number of hydrogen-bond acceptors (Lipinski definition) is 4. The fourth-order valence-corrected chi connectivity index (χ4v) is 7.01. The van der Waals surface area contributed by atoms with Gasteiger partial charge in [0.1, 0.15) is 6.17 Å². The minimum Gasteiger partial charge on any atom is -0.352 e. The monoisotopic (exact) mass is 436 g/mol. The molecule has 2 saturated carbocycles. The number of piperazine rings is 1. The second-order valence-electron chi connectivity index (χ2n) is 10.8. The normalized spacial score (nSPS) is 44.0. The Morgan fingerprint density at radius 1 is 1.00 bits per heavy atom. The van der Waals surface area contributed by atoms with Crippen LogP contribution in [0.5, 0.6) is 0 Å². The quantitative estimate of drug-likeness (QED) is 0.713. The van der Waals surface area contributed by atoms with Gasteiger partial charge in [-0.2, -0.15) is 0 Å². The van der Waals surface area contributed by atoms with Crippen molar-refractivity contribution < 1.29 is 14.0 Å². The molecule has 4 rings (SSSR count). The summed E-state index contributed by atoms with van der Waals surface area (Å²) in [5.41, 5.74) is 0. The third-order valence-electron chi connectivity index (χ3n) is 8.47. The number of carbonyl (C=O) groups is 2. The standard InChI is InChI=1S/C24H41FN4O2/c1-14-8-9-21(25)20-11-22(27-23(14)20)24(31)26-18-6-5-7-19(10-18)28-12-15(2)29(17(4)30)16(3)13-28/h14-16,18-23,27H,5-13H2,1-4H3,(H,26,31)/t14?,15-,16+,18-,19-,20?,21?,22?,23?/m1/s1. The van der Waals surface area contributed by atoms with Gasteiger partial charge in [-0.05, 0) is 64.7 Å². The van der Waals surface area contributed by atoms with Crippen molar-refractivity contribution in [1.82, 2.24) is 20.4 Å². The van der Waals surface area contributed by atoms with Gasteiger partial charge < -0.3 is 15.5 Å². The Balaban J connectivity index is 1.31. The first kappa shape index (κ1) is 23.0. The number of fused-ring (bicyclic) bond motifs is 1. The predicted octanol–water partition coefficient (Wildman–Crippen LogP) is 2.47. The SMILES string of the molecule is CC(=O)N1[C@H](C)CN([C@@H]2CCC[C@@H](NC(=O)C3CC4C(F)CCC(C)C4N3)C2)C[C@@H]1C. The molecule has 0 bridgehead atoms. The van der Waals surface area contributed by atoms with Crippen molar-refractivity contribution in [2.24, 2.45) is 11.8 Å². The van der Waals surface area contributed by atoms with Crippen LogP contribution in [0.3, 0.4) is 0 Å². The Bertz CT molecular complexity index is 646. The summed E-state index contributed by atoms with van der Waals surface area (Å²) in [5, 5.41) is 6.77. The van der Waals surface area contributed by atoms with Crippen LogP contribution in [-0.2, 0) is 9.59 Å². The molecule has 2 heterocycles. The molecule has 2 N–H and O–H groups in total. The molecule has 7 heteroatoms. The Hall–Kier alpha value is -1.21. The minimum atomic E-state index is -0.775. The van der Waals surface area contributed by atoms with Crippen LogP contribution in [0, 0.1) is 11.8 Å². The van der Waals surface area contributed by atoms with Crippen molar-refractivity contribution in [3.63, 3.8) is 0 Å². The van der Waals surface area contributed by atoms with Gasteiger partial charge in [0.05, 0.1) is 6.04 Å². The van der Waals surface area contributed by atoms with Gasteiger partial charge >= 0.3 is 0 Å². The summed E-state index contributed by atoms with van der Waals surface area (Å²) >= 11 is 0. The molecule has 2 aliphatic carbocycles. The molecule has 0 aromatic carbocycles. The minimum absolute atomic E-state index is 0.0147. The van der Waals surface area contributed by atoms with Crippen molar-refractivity contribution in [2.75, 3.05) is 13.1 Å². The van der Waals surface area contributed by atoms with Crippen molar-refractivity contribution in [3.8, 4) is 0 Å². The lowest BCUT2D eigenvalue weighted by Gasteiger charge is -2.48. The molecular formula is C24H41FN4O2. The third-order valence-corrected chi connectivity index (χ3v) is 8.47. The van der Waals surface area contributed by atoms with E-state index in [4.69, 9.17) is 0 Å². The molecular weight excluding hydrogens is 395 g/mol. The van der Waals surface area contributed by atoms with Gasteiger partial charge in [0.2, 0.25) is 11.8 Å². The molecule has 0 radical (unpaired) electrons. The Morgan fingerprint density at radius 2 is 1.71 bits per heavy atom. The van der Waals surface area contributed by atoms with Gasteiger partial charge in [-0.15, -0.1) is 0 Å². The summed E-state index contributed by atoms with van der Waals surface area (Å²) in [6.45, 7) is 9.91. The molecule has 0 aromatic heterocycles. The van der Waals surface area contributed by atoms with Gasteiger partial charge in [-0.25, -0.2) is 4.39 Å². The highest BCUT2D eigenvalue weighted by Gasteiger charge is 2.46.